The van der Waals surface area contributed by atoms with E-state index in [1.165, 1.54) is 16.7 Å². The van der Waals surface area contributed by atoms with Crippen molar-refractivity contribution in [3.63, 3.8) is 0 Å². The van der Waals surface area contributed by atoms with Crippen LogP contribution >= 0.6 is 0 Å². The van der Waals surface area contributed by atoms with Gasteiger partial charge in [0.2, 0.25) is 0 Å². The highest BCUT2D eigenvalue weighted by Crippen LogP contribution is 2.09. The van der Waals surface area contributed by atoms with Crippen LogP contribution in [0.5, 0.6) is 0 Å². The molecule has 0 amide bonds. The van der Waals surface area contributed by atoms with Gasteiger partial charge in [0, 0.05) is 13.0 Å². The summed E-state index contributed by atoms with van der Waals surface area (Å²) in [6.07, 6.45) is 7.11. The average molecular weight is 201 g/mol. The fraction of sp³-hybridized carbons (Fsp3) is 0.429. The Hall–Kier alpha value is -1.26. The minimum atomic E-state index is 0.861. The van der Waals surface area contributed by atoms with Crippen molar-refractivity contribution in [2.45, 2.75) is 33.2 Å². The first-order chi connectivity index (χ1) is 7.24. The van der Waals surface area contributed by atoms with E-state index >= 15 is 0 Å². The summed E-state index contributed by atoms with van der Waals surface area (Å²) in [5.74, 6) is 2.65. The zero-order valence-electron chi connectivity index (χ0n) is 9.64. The first-order valence-corrected chi connectivity index (χ1v) is 5.44. The molecule has 0 saturated carbocycles. The maximum absolute atomic E-state index is 5.19. The van der Waals surface area contributed by atoms with Crippen LogP contribution in [-0.2, 0) is 6.54 Å². The number of nitrogens with one attached hydrogen (secondary N) is 1. The van der Waals surface area contributed by atoms with Gasteiger partial charge in [-0.3, -0.25) is 0 Å². The van der Waals surface area contributed by atoms with Gasteiger partial charge in [-0.15, -0.1) is 12.3 Å². The second kappa shape index (κ2) is 6.27. The summed E-state index contributed by atoms with van der Waals surface area (Å²) in [6.45, 7) is 6.22. The monoisotopic (exact) mass is 201 g/mol. The standard InChI is InChI=1S/C14H19N/c1-4-5-6-9-15-11-14-10-12(2)7-8-13(14)3/h1,7-8,10,15H,5-6,9,11H2,2-3H3. The summed E-state index contributed by atoms with van der Waals surface area (Å²) in [6, 6.07) is 6.56. The average Bonchev–Trinajstić information content (AvgIpc) is 2.23. The highest BCUT2D eigenvalue weighted by Gasteiger charge is 1.97. The van der Waals surface area contributed by atoms with Crippen LogP contribution in [0.15, 0.2) is 18.2 Å². The van der Waals surface area contributed by atoms with E-state index in [9.17, 15) is 0 Å². The second-order valence-electron chi connectivity index (χ2n) is 3.91. The molecule has 0 aliphatic carbocycles. The van der Waals surface area contributed by atoms with Crippen LogP contribution in [0.1, 0.15) is 29.5 Å². The first kappa shape index (κ1) is 11.8. The Morgan fingerprint density at radius 1 is 1.33 bits per heavy atom. The van der Waals surface area contributed by atoms with Crippen LogP contribution in [0.2, 0.25) is 0 Å². The van der Waals surface area contributed by atoms with Crippen molar-refractivity contribution in [1.82, 2.24) is 5.32 Å². The SMILES string of the molecule is C#CCCCNCc1cc(C)ccc1C. The van der Waals surface area contributed by atoms with Crippen LogP contribution in [0.3, 0.4) is 0 Å². The Morgan fingerprint density at radius 3 is 2.87 bits per heavy atom. The minimum absolute atomic E-state index is 0.861. The first-order valence-electron chi connectivity index (χ1n) is 5.44. The molecule has 0 unspecified atom stereocenters. The van der Waals surface area contributed by atoms with E-state index in [0.717, 1.165) is 25.9 Å². The summed E-state index contributed by atoms with van der Waals surface area (Å²) in [4.78, 5) is 0. The van der Waals surface area contributed by atoms with Crippen LogP contribution in [0, 0.1) is 26.2 Å². The van der Waals surface area contributed by atoms with Gasteiger partial charge >= 0.3 is 0 Å². The topological polar surface area (TPSA) is 12.0 Å². The Balaban J connectivity index is 2.37. The normalized spacial score (nSPS) is 9.93. The molecule has 1 rings (SSSR count). The summed E-state index contributed by atoms with van der Waals surface area (Å²) in [7, 11) is 0. The van der Waals surface area contributed by atoms with Crippen molar-refractivity contribution in [3.05, 3.63) is 34.9 Å². The number of hydrogen-bond donors (Lipinski definition) is 1. The molecule has 1 nitrogen and oxygen atoms in total. The van der Waals surface area contributed by atoms with Crippen LogP contribution in [-0.4, -0.2) is 6.54 Å². The summed E-state index contributed by atoms with van der Waals surface area (Å²) in [5.41, 5.74) is 4.06. The van der Waals surface area contributed by atoms with Crippen molar-refractivity contribution in [1.29, 1.82) is 0 Å². The van der Waals surface area contributed by atoms with Crippen molar-refractivity contribution in [2.75, 3.05) is 6.54 Å². The fourth-order valence-corrected chi connectivity index (χ4v) is 1.53. The van der Waals surface area contributed by atoms with Gasteiger partial charge in [0.15, 0.2) is 0 Å². The molecule has 0 radical (unpaired) electrons. The third-order valence-electron chi connectivity index (χ3n) is 2.49. The quantitative estimate of drug-likeness (QED) is 0.570. The van der Waals surface area contributed by atoms with Crippen LogP contribution in [0.4, 0.5) is 0 Å². The molecule has 0 atom stereocenters. The molecule has 1 aromatic rings. The lowest BCUT2D eigenvalue weighted by Crippen LogP contribution is -2.15. The molecule has 0 saturated heterocycles. The molecule has 80 valence electrons. The van der Waals surface area contributed by atoms with E-state index in [1.54, 1.807) is 0 Å². The Labute approximate surface area is 92.9 Å². The lowest BCUT2D eigenvalue weighted by atomic mass is 10.1. The van der Waals surface area contributed by atoms with E-state index in [4.69, 9.17) is 6.42 Å². The summed E-state index contributed by atoms with van der Waals surface area (Å²) in [5, 5.41) is 3.41. The minimum Gasteiger partial charge on any atom is -0.313 e. The molecule has 0 bridgehead atoms. The number of hydrogen-bond acceptors (Lipinski definition) is 1. The van der Waals surface area contributed by atoms with E-state index in [1.807, 2.05) is 0 Å². The molecule has 1 aromatic carbocycles. The highest BCUT2D eigenvalue weighted by molar-refractivity contribution is 5.30. The van der Waals surface area contributed by atoms with Gasteiger partial charge in [-0.25, -0.2) is 0 Å². The Kier molecular flexibility index (Phi) is 4.93. The fourth-order valence-electron chi connectivity index (χ4n) is 1.53. The predicted octanol–water partition coefficient (Wildman–Crippen LogP) is 2.81. The van der Waals surface area contributed by atoms with Gasteiger partial charge in [-0.2, -0.15) is 0 Å². The molecule has 0 aromatic heterocycles. The number of benzene rings is 1. The van der Waals surface area contributed by atoms with Crippen molar-refractivity contribution in [3.8, 4) is 12.3 Å². The van der Waals surface area contributed by atoms with Gasteiger partial charge in [-0.1, -0.05) is 23.8 Å². The molecule has 1 heteroatoms. The Morgan fingerprint density at radius 2 is 2.13 bits per heavy atom. The molecular weight excluding hydrogens is 182 g/mol. The lowest BCUT2D eigenvalue weighted by molar-refractivity contribution is 0.657. The number of unbranched alkanes of at least 4 members (excludes halogenated alkanes) is 1. The van der Waals surface area contributed by atoms with E-state index in [-0.39, 0.29) is 0 Å². The van der Waals surface area contributed by atoms with Gasteiger partial charge in [0.25, 0.3) is 0 Å². The maximum atomic E-state index is 5.19. The highest BCUT2D eigenvalue weighted by atomic mass is 14.8. The molecule has 0 aliphatic heterocycles. The van der Waals surface area contributed by atoms with Crippen molar-refractivity contribution >= 4 is 0 Å². The largest absolute Gasteiger partial charge is 0.313 e. The predicted molar refractivity (Wildman–Crippen MR) is 65.7 cm³/mol. The van der Waals surface area contributed by atoms with Crippen molar-refractivity contribution in [2.24, 2.45) is 0 Å². The summed E-state index contributed by atoms with van der Waals surface area (Å²) >= 11 is 0. The van der Waals surface area contributed by atoms with Crippen LogP contribution in [0.25, 0.3) is 0 Å². The zero-order chi connectivity index (χ0) is 11.1. The maximum Gasteiger partial charge on any atom is 0.0208 e. The van der Waals surface area contributed by atoms with Crippen LogP contribution < -0.4 is 5.32 Å². The lowest BCUT2D eigenvalue weighted by Gasteiger charge is -2.08. The molecule has 0 aliphatic rings. The molecule has 0 spiro atoms. The van der Waals surface area contributed by atoms with E-state index in [0.29, 0.717) is 0 Å². The Bertz CT molecular complexity index is 347. The zero-order valence-corrected chi connectivity index (χ0v) is 9.64. The number of aryl methyl sites for hydroxylation is 2. The third-order valence-corrected chi connectivity index (χ3v) is 2.49. The molecule has 15 heavy (non-hydrogen) atoms. The number of terminal acetylenes is 1. The van der Waals surface area contributed by atoms with E-state index < -0.39 is 0 Å². The van der Waals surface area contributed by atoms with Crippen molar-refractivity contribution < 1.29 is 0 Å². The molecule has 0 heterocycles. The third kappa shape index (κ3) is 4.18. The van der Waals surface area contributed by atoms with Gasteiger partial charge in [-0.05, 0) is 37.9 Å². The van der Waals surface area contributed by atoms with Gasteiger partial charge < -0.3 is 5.32 Å². The summed E-state index contributed by atoms with van der Waals surface area (Å²) < 4.78 is 0. The smallest absolute Gasteiger partial charge is 0.0208 e. The second-order valence-corrected chi connectivity index (χ2v) is 3.91. The molecular formula is C14H19N. The van der Waals surface area contributed by atoms with E-state index in [2.05, 4.69) is 43.3 Å². The van der Waals surface area contributed by atoms with Gasteiger partial charge in [0.1, 0.15) is 0 Å². The van der Waals surface area contributed by atoms with Gasteiger partial charge in [0.05, 0.1) is 0 Å². The molecule has 1 N–H and O–H groups in total. The number of rotatable bonds is 5. The molecule has 0 fully saturated rings.